The lowest BCUT2D eigenvalue weighted by molar-refractivity contribution is -0.117. The van der Waals surface area contributed by atoms with E-state index < -0.39 is 22.0 Å². The Balaban J connectivity index is 1.94. The maximum Gasteiger partial charge on any atom is 0.251 e. The highest BCUT2D eigenvalue weighted by atomic mass is 79.9. The van der Waals surface area contributed by atoms with Crippen LogP contribution in [-0.2, 0) is 14.8 Å². The summed E-state index contributed by atoms with van der Waals surface area (Å²) >= 11 is 4.33. The first-order valence-electron chi connectivity index (χ1n) is 9.87. The molecule has 0 saturated heterocycles. The molecule has 10 heteroatoms. The van der Waals surface area contributed by atoms with E-state index in [1.807, 2.05) is 13.8 Å². The van der Waals surface area contributed by atoms with Gasteiger partial charge in [0.2, 0.25) is 5.91 Å². The van der Waals surface area contributed by atoms with Crippen LogP contribution in [0.1, 0.15) is 25.5 Å². The quantitative estimate of drug-likeness (QED) is 0.380. The Morgan fingerprint density at radius 3 is 2.38 bits per heavy atom. The van der Waals surface area contributed by atoms with Gasteiger partial charge in [0.1, 0.15) is 21.8 Å². The monoisotopic (exact) mass is 538 g/mol. The van der Waals surface area contributed by atoms with Crippen molar-refractivity contribution in [1.29, 1.82) is 0 Å². The Labute approximate surface area is 199 Å². The summed E-state index contributed by atoms with van der Waals surface area (Å²) in [4.78, 5) is 13.3. The van der Waals surface area contributed by atoms with Gasteiger partial charge in [0.05, 0.1) is 22.7 Å². The number of anilines is 1. The van der Waals surface area contributed by atoms with Gasteiger partial charge in [-0.2, -0.15) is 4.72 Å². The molecule has 0 saturated carbocycles. The Kier molecular flexibility index (Phi) is 8.30. The number of halogens is 1. The predicted octanol–water partition coefficient (Wildman–Crippen LogP) is 4.97. The number of nitrogens with one attached hydrogen (secondary N) is 2. The van der Waals surface area contributed by atoms with Crippen LogP contribution in [-0.4, -0.2) is 27.5 Å². The maximum atomic E-state index is 13.3. The lowest BCUT2D eigenvalue weighted by Gasteiger charge is -2.20. The summed E-state index contributed by atoms with van der Waals surface area (Å²) in [5, 5.41) is 2.80. The number of sulfonamides is 1. The highest BCUT2D eigenvalue weighted by molar-refractivity contribution is 9.11. The normalized spacial score (nSPS) is 12.2. The van der Waals surface area contributed by atoms with Gasteiger partial charge in [-0.3, -0.25) is 4.79 Å². The lowest BCUT2D eigenvalue weighted by atomic mass is 10.1. The Bertz CT molecular complexity index is 1170. The molecule has 1 aromatic heterocycles. The minimum atomic E-state index is -3.94. The number of amides is 1. The molecule has 0 radical (unpaired) electrons. The molecule has 0 fully saturated rings. The van der Waals surface area contributed by atoms with Crippen molar-refractivity contribution in [3.05, 3.63) is 70.0 Å². The van der Waals surface area contributed by atoms with Gasteiger partial charge >= 0.3 is 0 Å². The van der Waals surface area contributed by atoms with Crippen molar-refractivity contribution in [3.63, 3.8) is 0 Å². The SMILES string of the molecule is CCOc1ccc(OCC)c(NC(=O)[C@H](NS(=O)(=O)c2ccc(Br)s2)c2ccccc2)c1. The molecule has 1 heterocycles. The number of benzene rings is 2. The van der Waals surface area contributed by atoms with Crippen LogP contribution in [0.4, 0.5) is 5.69 Å². The maximum absolute atomic E-state index is 13.3. The third-order valence-electron chi connectivity index (χ3n) is 4.30. The van der Waals surface area contributed by atoms with Crippen LogP contribution in [0.2, 0.25) is 0 Å². The van der Waals surface area contributed by atoms with Crippen LogP contribution in [0.5, 0.6) is 11.5 Å². The fraction of sp³-hybridized carbons (Fsp3) is 0.227. The summed E-state index contributed by atoms with van der Waals surface area (Å²) in [6.45, 7) is 4.56. The van der Waals surface area contributed by atoms with E-state index in [1.54, 1.807) is 54.6 Å². The number of hydrogen-bond donors (Lipinski definition) is 2. The molecule has 1 amide bonds. The molecule has 2 aromatic carbocycles. The van der Waals surface area contributed by atoms with Crippen molar-refractivity contribution in [2.24, 2.45) is 0 Å². The molecule has 0 spiro atoms. The molecule has 0 aliphatic carbocycles. The molecular weight excluding hydrogens is 516 g/mol. The van der Waals surface area contributed by atoms with E-state index in [-0.39, 0.29) is 4.21 Å². The van der Waals surface area contributed by atoms with E-state index in [0.717, 1.165) is 11.3 Å². The topological polar surface area (TPSA) is 93.7 Å². The van der Waals surface area contributed by atoms with Crippen LogP contribution < -0.4 is 19.5 Å². The molecule has 0 aliphatic heterocycles. The van der Waals surface area contributed by atoms with E-state index in [9.17, 15) is 13.2 Å². The number of rotatable bonds is 10. The van der Waals surface area contributed by atoms with Crippen molar-refractivity contribution in [2.45, 2.75) is 24.1 Å². The van der Waals surface area contributed by atoms with Gasteiger partial charge in [0, 0.05) is 6.07 Å². The largest absolute Gasteiger partial charge is 0.494 e. The lowest BCUT2D eigenvalue weighted by Crippen LogP contribution is -2.36. The number of carbonyl (C=O) groups excluding carboxylic acids is 1. The molecule has 0 unspecified atom stereocenters. The van der Waals surface area contributed by atoms with Crippen molar-refractivity contribution >= 4 is 48.9 Å². The summed E-state index contributed by atoms with van der Waals surface area (Å²) in [7, 11) is -3.94. The van der Waals surface area contributed by atoms with Crippen LogP contribution in [0.15, 0.2) is 68.7 Å². The van der Waals surface area contributed by atoms with E-state index in [2.05, 4.69) is 26.0 Å². The molecular formula is C22H23BrN2O5S2. The number of thiophene rings is 1. The average molecular weight is 539 g/mol. The van der Waals surface area contributed by atoms with Crippen LogP contribution in [0.25, 0.3) is 0 Å². The van der Waals surface area contributed by atoms with Gasteiger partial charge in [-0.25, -0.2) is 8.42 Å². The van der Waals surface area contributed by atoms with E-state index >= 15 is 0 Å². The van der Waals surface area contributed by atoms with Gasteiger partial charge in [-0.15, -0.1) is 11.3 Å². The zero-order chi connectivity index (χ0) is 23.1. The molecule has 0 aliphatic rings. The van der Waals surface area contributed by atoms with Crippen molar-refractivity contribution < 1.29 is 22.7 Å². The number of hydrogen-bond acceptors (Lipinski definition) is 6. The minimum Gasteiger partial charge on any atom is -0.494 e. The fourth-order valence-electron chi connectivity index (χ4n) is 2.92. The fourth-order valence-corrected chi connectivity index (χ4v) is 6.13. The highest BCUT2D eigenvalue weighted by Crippen LogP contribution is 2.31. The Morgan fingerprint density at radius 1 is 1.03 bits per heavy atom. The molecule has 0 bridgehead atoms. The van der Waals surface area contributed by atoms with E-state index in [0.29, 0.717) is 39.8 Å². The first-order chi connectivity index (χ1) is 15.3. The Morgan fingerprint density at radius 2 is 1.75 bits per heavy atom. The summed E-state index contributed by atoms with van der Waals surface area (Å²) in [6, 6.07) is 15.7. The van der Waals surface area contributed by atoms with Crippen LogP contribution in [0, 0.1) is 0 Å². The van der Waals surface area contributed by atoms with Crippen molar-refractivity contribution in [1.82, 2.24) is 4.72 Å². The van der Waals surface area contributed by atoms with E-state index in [4.69, 9.17) is 9.47 Å². The van der Waals surface area contributed by atoms with E-state index in [1.165, 1.54) is 6.07 Å². The Hall–Kier alpha value is -2.40. The third kappa shape index (κ3) is 6.10. The third-order valence-corrected chi connectivity index (χ3v) is 7.84. The van der Waals surface area contributed by atoms with Gasteiger partial charge in [0.15, 0.2) is 0 Å². The summed E-state index contributed by atoms with van der Waals surface area (Å²) in [5.74, 6) is 0.470. The van der Waals surface area contributed by atoms with Crippen LogP contribution in [0.3, 0.4) is 0 Å². The second-order valence-electron chi connectivity index (χ2n) is 6.54. The standard InChI is InChI=1S/C22H23BrN2O5S2/c1-3-29-16-10-11-18(30-4-2)17(14-16)24-22(26)21(15-8-6-5-7-9-15)25-32(27,28)20-13-12-19(23)31-20/h5-14,21,25H,3-4H2,1-2H3,(H,24,26)/t21-/m1/s1. The first-order valence-corrected chi connectivity index (χ1v) is 13.0. The molecule has 32 heavy (non-hydrogen) atoms. The summed E-state index contributed by atoms with van der Waals surface area (Å²) in [6.07, 6.45) is 0. The molecule has 170 valence electrons. The van der Waals surface area contributed by atoms with Crippen LogP contribution >= 0.6 is 27.3 Å². The van der Waals surface area contributed by atoms with Gasteiger partial charge < -0.3 is 14.8 Å². The molecule has 2 N–H and O–H groups in total. The minimum absolute atomic E-state index is 0.103. The molecule has 3 rings (SSSR count). The smallest absolute Gasteiger partial charge is 0.251 e. The van der Waals surface area contributed by atoms with Crippen molar-refractivity contribution in [3.8, 4) is 11.5 Å². The number of carbonyl (C=O) groups is 1. The molecule has 1 atom stereocenters. The first kappa shape index (κ1) is 24.2. The summed E-state index contributed by atoms with van der Waals surface area (Å²) in [5.41, 5.74) is 0.893. The van der Waals surface area contributed by atoms with Gasteiger partial charge in [-0.1, -0.05) is 30.3 Å². The second-order valence-corrected chi connectivity index (χ2v) is 10.9. The second kappa shape index (κ2) is 11.0. The zero-order valence-corrected chi connectivity index (χ0v) is 20.7. The van der Waals surface area contributed by atoms with Gasteiger partial charge in [-0.05, 0) is 59.6 Å². The zero-order valence-electron chi connectivity index (χ0n) is 17.5. The van der Waals surface area contributed by atoms with Crippen molar-refractivity contribution in [2.75, 3.05) is 18.5 Å². The predicted molar refractivity (Wildman–Crippen MR) is 129 cm³/mol. The average Bonchev–Trinajstić information content (AvgIpc) is 3.22. The highest BCUT2D eigenvalue weighted by Gasteiger charge is 2.29. The molecule has 7 nitrogen and oxygen atoms in total. The summed E-state index contributed by atoms with van der Waals surface area (Å²) < 4.78 is 40.3. The van der Waals surface area contributed by atoms with Gasteiger partial charge in [0.25, 0.3) is 10.0 Å². The number of ether oxygens (including phenoxy) is 2. The molecule has 3 aromatic rings.